The third kappa shape index (κ3) is 5.22. The van der Waals surface area contributed by atoms with Crippen LogP contribution in [0.4, 0.5) is 4.39 Å². The van der Waals surface area contributed by atoms with Crippen LogP contribution >= 0.6 is 0 Å². The number of likely N-dealkylation sites (tertiary alicyclic amines) is 1. The Bertz CT molecular complexity index is 849. The van der Waals surface area contributed by atoms with Gasteiger partial charge >= 0.3 is 5.97 Å². The number of hydrogen-bond donors (Lipinski definition) is 0. The molecule has 1 amide bonds. The summed E-state index contributed by atoms with van der Waals surface area (Å²) in [7, 11) is 1.85. The van der Waals surface area contributed by atoms with Gasteiger partial charge in [-0.05, 0) is 55.9 Å². The van der Waals surface area contributed by atoms with Crippen molar-refractivity contribution in [1.82, 2.24) is 14.7 Å². The number of rotatable bonds is 7. The lowest BCUT2D eigenvalue weighted by Gasteiger charge is -2.41. The van der Waals surface area contributed by atoms with Crippen LogP contribution in [0.3, 0.4) is 0 Å². The molecule has 0 N–H and O–H groups in total. The molecule has 2 heterocycles. The SMILES string of the molecule is CCOC(=O)[C@]1(Cc2ccc(F)cc2)CCCN(C(=O)CCc2cnn(C)c2)C1. The molecule has 2 aromatic rings. The van der Waals surface area contributed by atoms with Gasteiger partial charge in [-0.2, -0.15) is 5.10 Å². The molecule has 0 spiro atoms. The molecule has 0 saturated carbocycles. The average molecular weight is 401 g/mol. The fourth-order valence-electron chi connectivity index (χ4n) is 4.02. The van der Waals surface area contributed by atoms with E-state index < -0.39 is 5.41 Å². The first-order valence-corrected chi connectivity index (χ1v) is 10.1. The number of aryl methyl sites for hydroxylation is 2. The fourth-order valence-corrected chi connectivity index (χ4v) is 4.02. The summed E-state index contributed by atoms with van der Waals surface area (Å²) in [6.07, 6.45) is 6.48. The van der Waals surface area contributed by atoms with Crippen LogP contribution in [0.1, 0.15) is 37.3 Å². The van der Waals surface area contributed by atoms with E-state index in [2.05, 4.69) is 5.10 Å². The fraction of sp³-hybridized carbons (Fsp3) is 0.500. The van der Waals surface area contributed by atoms with E-state index in [0.29, 0.717) is 45.4 Å². The summed E-state index contributed by atoms with van der Waals surface area (Å²) in [5.74, 6) is -0.565. The third-order valence-corrected chi connectivity index (χ3v) is 5.48. The number of halogens is 1. The molecule has 29 heavy (non-hydrogen) atoms. The van der Waals surface area contributed by atoms with Gasteiger partial charge < -0.3 is 9.64 Å². The minimum absolute atomic E-state index is 0.0290. The second kappa shape index (κ2) is 9.20. The van der Waals surface area contributed by atoms with Gasteiger partial charge in [0.15, 0.2) is 0 Å². The van der Waals surface area contributed by atoms with E-state index in [1.54, 1.807) is 34.8 Å². The number of piperidine rings is 1. The molecule has 1 aliphatic heterocycles. The van der Waals surface area contributed by atoms with E-state index in [4.69, 9.17) is 4.74 Å². The van der Waals surface area contributed by atoms with Crippen molar-refractivity contribution in [2.24, 2.45) is 12.5 Å². The highest BCUT2D eigenvalue weighted by Gasteiger charge is 2.44. The maximum absolute atomic E-state index is 13.3. The molecule has 0 radical (unpaired) electrons. The number of carbonyl (C=O) groups excluding carboxylic acids is 2. The van der Waals surface area contributed by atoms with Crippen LogP contribution in [0.5, 0.6) is 0 Å². The number of aromatic nitrogens is 2. The Kier molecular flexibility index (Phi) is 6.67. The third-order valence-electron chi connectivity index (χ3n) is 5.48. The number of hydrogen-bond acceptors (Lipinski definition) is 4. The Morgan fingerprint density at radius 2 is 2.00 bits per heavy atom. The number of nitrogens with zero attached hydrogens (tertiary/aromatic N) is 3. The molecule has 7 heteroatoms. The normalized spacial score (nSPS) is 19.2. The molecule has 0 aliphatic carbocycles. The van der Waals surface area contributed by atoms with Crippen molar-refractivity contribution in [3.63, 3.8) is 0 Å². The van der Waals surface area contributed by atoms with Gasteiger partial charge in [0.25, 0.3) is 0 Å². The van der Waals surface area contributed by atoms with Gasteiger partial charge in [-0.25, -0.2) is 4.39 Å². The van der Waals surface area contributed by atoms with Gasteiger partial charge in [0, 0.05) is 32.8 Å². The van der Waals surface area contributed by atoms with Crippen molar-refractivity contribution in [2.45, 2.75) is 39.0 Å². The highest BCUT2D eigenvalue weighted by atomic mass is 19.1. The zero-order chi connectivity index (χ0) is 20.9. The van der Waals surface area contributed by atoms with Gasteiger partial charge in [0.2, 0.25) is 5.91 Å². The highest BCUT2D eigenvalue weighted by molar-refractivity contribution is 5.81. The van der Waals surface area contributed by atoms with Crippen molar-refractivity contribution >= 4 is 11.9 Å². The first-order chi connectivity index (χ1) is 13.9. The van der Waals surface area contributed by atoms with Crippen molar-refractivity contribution in [3.8, 4) is 0 Å². The zero-order valence-corrected chi connectivity index (χ0v) is 17.1. The van der Waals surface area contributed by atoms with Crippen molar-refractivity contribution in [3.05, 3.63) is 53.6 Å². The second-order valence-electron chi connectivity index (χ2n) is 7.75. The minimum Gasteiger partial charge on any atom is -0.466 e. The van der Waals surface area contributed by atoms with Crippen LogP contribution in [0.15, 0.2) is 36.7 Å². The molecule has 1 saturated heterocycles. The molecule has 1 atom stereocenters. The van der Waals surface area contributed by atoms with Gasteiger partial charge in [-0.1, -0.05) is 12.1 Å². The Labute approximate surface area is 170 Å². The van der Waals surface area contributed by atoms with Crippen molar-refractivity contribution in [2.75, 3.05) is 19.7 Å². The Morgan fingerprint density at radius 3 is 2.66 bits per heavy atom. The molecule has 156 valence electrons. The van der Waals surface area contributed by atoms with E-state index >= 15 is 0 Å². The molecular weight excluding hydrogens is 373 g/mol. The number of esters is 1. The Hall–Kier alpha value is -2.70. The number of ether oxygens (including phenoxy) is 1. The molecule has 1 aromatic heterocycles. The zero-order valence-electron chi connectivity index (χ0n) is 17.1. The predicted molar refractivity (Wildman–Crippen MR) is 107 cm³/mol. The lowest BCUT2D eigenvalue weighted by molar-refractivity contribution is -0.160. The summed E-state index contributed by atoms with van der Waals surface area (Å²) < 4.78 is 20.4. The summed E-state index contributed by atoms with van der Waals surface area (Å²) in [5.41, 5.74) is 1.08. The largest absolute Gasteiger partial charge is 0.466 e. The summed E-state index contributed by atoms with van der Waals surface area (Å²) in [5, 5.41) is 4.13. The van der Waals surface area contributed by atoms with E-state index in [0.717, 1.165) is 17.5 Å². The Morgan fingerprint density at radius 1 is 1.24 bits per heavy atom. The monoisotopic (exact) mass is 401 g/mol. The van der Waals surface area contributed by atoms with Gasteiger partial charge in [-0.15, -0.1) is 0 Å². The summed E-state index contributed by atoms with van der Waals surface area (Å²) in [6, 6.07) is 6.18. The van der Waals surface area contributed by atoms with E-state index in [-0.39, 0.29) is 17.7 Å². The maximum atomic E-state index is 13.3. The topological polar surface area (TPSA) is 64.4 Å². The van der Waals surface area contributed by atoms with Crippen LogP contribution in [0, 0.1) is 11.2 Å². The molecular formula is C22H28FN3O3. The smallest absolute Gasteiger partial charge is 0.314 e. The van der Waals surface area contributed by atoms with Crippen LogP contribution < -0.4 is 0 Å². The van der Waals surface area contributed by atoms with Crippen molar-refractivity contribution < 1.29 is 18.7 Å². The molecule has 0 unspecified atom stereocenters. The van der Waals surface area contributed by atoms with E-state index in [9.17, 15) is 14.0 Å². The first kappa shape index (κ1) is 21.0. The molecule has 1 aliphatic rings. The lowest BCUT2D eigenvalue weighted by Crippen LogP contribution is -2.51. The van der Waals surface area contributed by atoms with Gasteiger partial charge in [0.05, 0.1) is 18.2 Å². The summed E-state index contributed by atoms with van der Waals surface area (Å²) >= 11 is 0. The molecule has 1 fully saturated rings. The Balaban J connectivity index is 1.72. The first-order valence-electron chi connectivity index (χ1n) is 10.1. The van der Waals surface area contributed by atoms with Crippen LogP contribution in [-0.2, 0) is 34.2 Å². The highest BCUT2D eigenvalue weighted by Crippen LogP contribution is 2.35. The molecule has 1 aromatic carbocycles. The van der Waals surface area contributed by atoms with Gasteiger partial charge in [0.1, 0.15) is 5.82 Å². The number of carbonyl (C=O) groups is 2. The van der Waals surface area contributed by atoms with Crippen molar-refractivity contribution in [1.29, 1.82) is 0 Å². The number of amides is 1. The van der Waals surface area contributed by atoms with Gasteiger partial charge in [-0.3, -0.25) is 14.3 Å². The lowest BCUT2D eigenvalue weighted by atomic mass is 9.75. The average Bonchev–Trinajstić information content (AvgIpc) is 3.13. The molecule has 6 nitrogen and oxygen atoms in total. The van der Waals surface area contributed by atoms with E-state index in [1.807, 2.05) is 13.2 Å². The summed E-state index contributed by atoms with van der Waals surface area (Å²) in [4.78, 5) is 27.5. The predicted octanol–water partition coefficient (Wildman–Crippen LogP) is 2.91. The molecule has 0 bridgehead atoms. The quantitative estimate of drug-likeness (QED) is 0.669. The van der Waals surface area contributed by atoms with Crippen LogP contribution in [0.25, 0.3) is 0 Å². The minimum atomic E-state index is -0.796. The van der Waals surface area contributed by atoms with Crippen LogP contribution in [-0.4, -0.2) is 46.3 Å². The molecule has 3 rings (SSSR count). The number of benzene rings is 1. The van der Waals surface area contributed by atoms with Crippen LogP contribution in [0.2, 0.25) is 0 Å². The summed E-state index contributed by atoms with van der Waals surface area (Å²) in [6.45, 7) is 3.04. The van der Waals surface area contributed by atoms with E-state index in [1.165, 1.54) is 12.1 Å². The second-order valence-corrected chi connectivity index (χ2v) is 7.75. The maximum Gasteiger partial charge on any atom is 0.314 e. The standard InChI is InChI=1S/C22H28FN3O3/c1-3-29-21(28)22(13-17-5-8-19(23)9-6-17)11-4-12-26(16-22)20(27)10-7-18-14-24-25(2)15-18/h5-6,8-9,14-15H,3-4,7,10-13,16H2,1-2H3/t22-/m0/s1.